The Morgan fingerprint density at radius 1 is 0.929 bits per heavy atom. The molecule has 0 saturated carbocycles. The second-order valence-electron chi connectivity index (χ2n) is 10.4. The minimum absolute atomic E-state index is 0.421. The van der Waals surface area contributed by atoms with Gasteiger partial charge >= 0.3 is 0 Å². The van der Waals surface area contributed by atoms with Gasteiger partial charge in [0.1, 0.15) is 23.6 Å². The van der Waals surface area contributed by atoms with E-state index in [0.717, 1.165) is 54.0 Å². The molecule has 3 aromatic heterocycles. The molecule has 1 fully saturated rings. The number of halogens is 1. The predicted molar refractivity (Wildman–Crippen MR) is 165 cm³/mol. The molecule has 2 aromatic carbocycles. The van der Waals surface area contributed by atoms with E-state index in [4.69, 9.17) is 30.8 Å². The molecule has 0 bridgehead atoms. The molecule has 4 heterocycles. The number of aromatic nitrogens is 5. The maximum atomic E-state index is 6.72. The van der Waals surface area contributed by atoms with E-state index in [2.05, 4.69) is 56.5 Å². The van der Waals surface area contributed by atoms with Gasteiger partial charge in [-0.15, -0.1) is 10.2 Å². The summed E-state index contributed by atoms with van der Waals surface area (Å²) in [5.74, 6) is 2.25. The van der Waals surface area contributed by atoms with Crippen LogP contribution >= 0.6 is 11.6 Å². The summed E-state index contributed by atoms with van der Waals surface area (Å²) in [6.45, 7) is 2.02. The van der Waals surface area contributed by atoms with Crippen LogP contribution in [0.3, 0.4) is 0 Å². The maximum Gasteiger partial charge on any atom is 0.229 e. The molecule has 5 aromatic rings. The van der Waals surface area contributed by atoms with Gasteiger partial charge in [0, 0.05) is 59.7 Å². The summed E-state index contributed by atoms with van der Waals surface area (Å²) in [6.07, 6.45) is 5.65. The van der Waals surface area contributed by atoms with Crippen molar-refractivity contribution in [3.8, 4) is 28.4 Å². The molecule has 0 radical (unpaired) electrons. The van der Waals surface area contributed by atoms with Crippen LogP contribution in [0.25, 0.3) is 27.8 Å². The third-order valence-corrected chi connectivity index (χ3v) is 8.25. The zero-order valence-electron chi connectivity index (χ0n) is 24.3. The Hall–Kier alpha value is -4.35. The molecule has 0 spiro atoms. The number of hydrogen-bond acceptors (Lipinski definition) is 10. The zero-order chi connectivity index (χ0) is 29.4. The van der Waals surface area contributed by atoms with Crippen molar-refractivity contribution in [1.29, 1.82) is 0 Å². The maximum absolute atomic E-state index is 6.72. The highest BCUT2D eigenvalue weighted by molar-refractivity contribution is 6.35. The summed E-state index contributed by atoms with van der Waals surface area (Å²) in [6, 6.07) is 12.3. The number of methoxy groups -OCH3 is 3. The summed E-state index contributed by atoms with van der Waals surface area (Å²) < 4.78 is 18.5. The number of anilines is 3. The van der Waals surface area contributed by atoms with Gasteiger partial charge in [0.05, 0.1) is 32.0 Å². The molecular weight excluding hydrogens is 556 g/mol. The third-order valence-electron chi connectivity index (χ3n) is 7.86. The molecule has 1 aliphatic heterocycles. The molecule has 0 atom stereocenters. The van der Waals surface area contributed by atoms with Crippen LogP contribution in [0.4, 0.5) is 17.3 Å². The van der Waals surface area contributed by atoms with Crippen LogP contribution in [0, 0.1) is 0 Å². The molecular formula is C30H33ClN8O3. The monoisotopic (exact) mass is 588 g/mol. The lowest BCUT2D eigenvalue weighted by atomic mass is 10.0. The van der Waals surface area contributed by atoms with E-state index in [1.165, 1.54) is 0 Å². The van der Waals surface area contributed by atoms with Gasteiger partial charge in [-0.2, -0.15) is 4.98 Å². The van der Waals surface area contributed by atoms with Gasteiger partial charge in [-0.05, 0) is 51.2 Å². The fourth-order valence-corrected chi connectivity index (χ4v) is 5.79. The Kier molecular flexibility index (Phi) is 7.61. The van der Waals surface area contributed by atoms with Gasteiger partial charge in [-0.25, -0.2) is 4.98 Å². The standard InChI is InChI=1S/C30H33ClN8O3/c1-37(2)19-8-10-38(11-9-19)20-6-7-24(25(13-20)41-4)34-30-32-16-18-12-23(29-36-33-17-39(29)28(18)35-30)22-14-21(40-3)15-26(42-5)27(22)31/h6-7,12-17,19H,8-11H2,1-5H3,(H,32,34,35). The molecule has 42 heavy (non-hydrogen) atoms. The molecule has 0 amide bonds. The second kappa shape index (κ2) is 11.5. The van der Waals surface area contributed by atoms with Gasteiger partial charge < -0.3 is 29.3 Å². The van der Waals surface area contributed by atoms with Crippen molar-refractivity contribution in [2.24, 2.45) is 0 Å². The Morgan fingerprint density at radius 3 is 2.43 bits per heavy atom. The van der Waals surface area contributed by atoms with Gasteiger partial charge in [0.2, 0.25) is 5.95 Å². The average molecular weight is 589 g/mol. The number of nitrogens with zero attached hydrogens (tertiary/aromatic N) is 7. The minimum Gasteiger partial charge on any atom is -0.497 e. The van der Waals surface area contributed by atoms with Crippen LogP contribution in [0.15, 0.2) is 48.9 Å². The van der Waals surface area contributed by atoms with E-state index >= 15 is 0 Å². The molecule has 1 N–H and O–H groups in total. The fraction of sp³-hybridized carbons (Fsp3) is 0.333. The molecule has 11 nitrogen and oxygen atoms in total. The highest BCUT2D eigenvalue weighted by atomic mass is 35.5. The number of hydrogen-bond donors (Lipinski definition) is 1. The van der Waals surface area contributed by atoms with Gasteiger partial charge in [0.25, 0.3) is 0 Å². The van der Waals surface area contributed by atoms with E-state index in [1.807, 2.05) is 22.6 Å². The van der Waals surface area contributed by atoms with Crippen molar-refractivity contribution in [1.82, 2.24) is 29.5 Å². The Morgan fingerprint density at radius 2 is 1.71 bits per heavy atom. The van der Waals surface area contributed by atoms with Crippen molar-refractivity contribution in [2.45, 2.75) is 18.9 Å². The molecule has 12 heteroatoms. The largest absolute Gasteiger partial charge is 0.497 e. The zero-order valence-corrected chi connectivity index (χ0v) is 25.0. The van der Waals surface area contributed by atoms with Gasteiger partial charge in [-0.1, -0.05) is 11.6 Å². The highest BCUT2D eigenvalue weighted by Crippen LogP contribution is 2.41. The molecule has 1 saturated heterocycles. The van der Waals surface area contributed by atoms with E-state index < -0.39 is 0 Å². The van der Waals surface area contributed by atoms with Gasteiger partial charge in [-0.3, -0.25) is 4.40 Å². The lowest BCUT2D eigenvalue weighted by Gasteiger charge is -2.36. The van der Waals surface area contributed by atoms with Crippen molar-refractivity contribution in [3.05, 3.63) is 53.9 Å². The quantitative estimate of drug-likeness (QED) is 0.257. The molecule has 0 aliphatic carbocycles. The summed E-state index contributed by atoms with van der Waals surface area (Å²) in [5, 5.41) is 13.1. The third kappa shape index (κ3) is 5.10. The van der Waals surface area contributed by atoms with Crippen molar-refractivity contribution >= 4 is 45.6 Å². The van der Waals surface area contributed by atoms with Crippen LogP contribution in [0.5, 0.6) is 17.2 Å². The summed E-state index contributed by atoms with van der Waals surface area (Å²) in [4.78, 5) is 14.1. The number of piperidine rings is 1. The van der Waals surface area contributed by atoms with Crippen LogP contribution < -0.4 is 24.4 Å². The predicted octanol–water partition coefficient (Wildman–Crippen LogP) is 5.29. The second-order valence-corrected chi connectivity index (χ2v) is 10.8. The van der Waals surface area contributed by atoms with Crippen molar-refractivity contribution in [3.63, 3.8) is 0 Å². The first-order valence-corrected chi connectivity index (χ1v) is 14.1. The number of nitrogens with one attached hydrogen (secondary N) is 1. The SMILES string of the molecule is COc1cc(OC)c(Cl)c(-c2cc3cnc(Nc4ccc(N5CCC(N(C)C)CC5)cc4OC)nc3n3cnnc23)c1. The van der Waals surface area contributed by atoms with E-state index in [9.17, 15) is 0 Å². The topological polar surface area (TPSA) is 102 Å². The lowest BCUT2D eigenvalue weighted by molar-refractivity contribution is 0.249. The molecule has 218 valence electrons. The summed E-state index contributed by atoms with van der Waals surface area (Å²) >= 11 is 6.72. The molecule has 0 unspecified atom stereocenters. The van der Waals surface area contributed by atoms with Crippen molar-refractivity contribution in [2.75, 3.05) is 58.7 Å². The first-order valence-electron chi connectivity index (χ1n) is 13.7. The first kappa shape index (κ1) is 27.8. The minimum atomic E-state index is 0.421. The van der Waals surface area contributed by atoms with Crippen LogP contribution in [-0.4, -0.2) is 84.0 Å². The highest BCUT2D eigenvalue weighted by Gasteiger charge is 2.22. The van der Waals surface area contributed by atoms with E-state index in [1.54, 1.807) is 39.9 Å². The van der Waals surface area contributed by atoms with Crippen molar-refractivity contribution < 1.29 is 14.2 Å². The summed E-state index contributed by atoms with van der Waals surface area (Å²) in [5.41, 5.74) is 4.59. The van der Waals surface area contributed by atoms with E-state index in [0.29, 0.717) is 45.4 Å². The number of ether oxygens (including phenoxy) is 3. The summed E-state index contributed by atoms with van der Waals surface area (Å²) in [7, 11) is 9.14. The Balaban J connectivity index is 1.32. The lowest BCUT2D eigenvalue weighted by Crippen LogP contribution is -2.41. The van der Waals surface area contributed by atoms with Crippen LogP contribution in [-0.2, 0) is 0 Å². The molecule has 6 rings (SSSR count). The molecule has 1 aliphatic rings. The van der Waals surface area contributed by atoms with Crippen LogP contribution in [0.1, 0.15) is 12.8 Å². The van der Waals surface area contributed by atoms with Gasteiger partial charge in [0.15, 0.2) is 11.3 Å². The average Bonchev–Trinajstić information content (AvgIpc) is 3.52. The number of rotatable bonds is 8. The van der Waals surface area contributed by atoms with Crippen LogP contribution in [0.2, 0.25) is 5.02 Å². The first-order chi connectivity index (χ1) is 20.4. The number of benzene rings is 2. The number of pyridine rings is 1. The van der Waals surface area contributed by atoms with E-state index in [-0.39, 0.29) is 0 Å². The Bertz CT molecular complexity index is 1750. The Labute approximate surface area is 249 Å². The fourth-order valence-electron chi connectivity index (χ4n) is 5.50. The smallest absolute Gasteiger partial charge is 0.229 e. The number of fused-ring (bicyclic) bond motifs is 3. The normalized spacial score (nSPS) is 14.1.